The minimum absolute atomic E-state index is 0.0156. The highest BCUT2D eigenvalue weighted by Crippen LogP contribution is 2.29. The smallest absolute Gasteiger partial charge is 0.241 e. The Morgan fingerprint density at radius 1 is 1.61 bits per heavy atom. The first kappa shape index (κ1) is 13.1. The lowest BCUT2D eigenvalue weighted by molar-refractivity contribution is -0.122. The van der Waals surface area contributed by atoms with Crippen LogP contribution in [0, 0.1) is 5.41 Å². The largest absolute Gasteiger partial charge is 0.353 e. The van der Waals surface area contributed by atoms with E-state index < -0.39 is 0 Å². The molecule has 100 valence electrons. The van der Waals surface area contributed by atoms with Gasteiger partial charge in [0.1, 0.15) is 6.54 Å². The van der Waals surface area contributed by atoms with Crippen molar-refractivity contribution in [3.8, 4) is 0 Å². The van der Waals surface area contributed by atoms with Gasteiger partial charge in [-0.15, -0.1) is 0 Å². The molecule has 0 aliphatic carbocycles. The van der Waals surface area contributed by atoms with Crippen LogP contribution in [0.1, 0.15) is 26.7 Å². The molecule has 18 heavy (non-hydrogen) atoms. The summed E-state index contributed by atoms with van der Waals surface area (Å²) in [5, 5.41) is 10.5. The second-order valence-electron chi connectivity index (χ2n) is 5.61. The van der Waals surface area contributed by atoms with E-state index in [9.17, 15) is 4.79 Å². The average Bonchev–Trinajstić information content (AvgIpc) is 2.80. The Balaban J connectivity index is 1.78. The lowest BCUT2D eigenvalue weighted by atomic mass is 9.77. The Hall–Kier alpha value is -1.36. The Morgan fingerprint density at radius 3 is 3.11 bits per heavy atom. The number of carbonyl (C=O) groups is 1. The summed E-state index contributed by atoms with van der Waals surface area (Å²) in [6.07, 6.45) is 5.89. The first-order valence-corrected chi connectivity index (χ1v) is 6.55. The molecule has 1 amide bonds. The molecule has 2 N–H and O–H groups in total. The third kappa shape index (κ3) is 3.32. The molecule has 1 aromatic heterocycles. The second kappa shape index (κ2) is 5.52. The van der Waals surface area contributed by atoms with Crippen LogP contribution in [0.5, 0.6) is 0 Å². The molecule has 0 bridgehead atoms. The van der Waals surface area contributed by atoms with Crippen LogP contribution in [0.15, 0.2) is 18.5 Å². The summed E-state index contributed by atoms with van der Waals surface area (Å²) >= 11 is 0. The van der Waals surface area contributed by atoms with Gasteiger partial charge in [-0.3, -0.25) is 9.48 Å². The number of carbonyl (C=O) groups excluding carboxylic acids is 1. The zero-order valence-corrected chi connectivity index (χ0v) is 11.1. The summed E-state index contributed by atoms with van der Waals surface area (Å²) in [5.41, 5.74) is 0.247. The molecule has 1 atom stereocenters. The zero-order valence-electron chi connectivity index (χ0n) is 11.1. The highest BCUT2D eigenvalue weighted by molar-refractivity contribution is 5.75. The maximum atomic E-state index is 11.8. The number of nitrogens with zero attached hydrogens (tertiary/aromatic N) is 2. The molecule has 0 spiro atoms. The summed E-state index contributed by atoms with van der Waals surface area (Å²) < 4.78 is 1.63. The van der Waals surface area contributed by atoms with E-state index in [1.807, 2.05) is 6.07 Å². The number of hydrogen-bond donors (Lipinski definition) is 2. The van der Waals surface area contributed by atoms with Crippen molar-refractivity contribution in [1.29, 1.82) is 0 Å². The van der Waals surface area contributed by atoms with Crippen molar-refractivity contribution in [3.63, 3.8) is 0 Å². The summed E-state index contributed by atoms with van der Waals surface area (Å²) in [6.45, 7) is 6.53. The molecule has 2 heterocycles. The molecular weight excluding hydrogens is 228 g/mol. The van der Waals surface area contributed by atoms with Gasteiger partial charge in [-0.25, -0.2) is 0 Å². The molecule has 5 nitrogen and oxygen atoms in total. The van der Waals surface area contributed by atoms with Crippen LogP contribution < -0.4 is 10.6 Å². The van der Waals surface area contributed by atoms with Crippen LogP contribution >= 0.6 is 0 Å². The van der Waals surface area contributed by atoms with Gasteiger partial charge < -0.3 is 10.6 Å². The van der Waals surface area contributed by atoms with Gasteiger partial charge in [0.05, 0.1) is 0 Å². The van der Waals surface area contributed by atoms with E-state index in [1.165, 1.54) is 12.8 Å². The summed E-state index contributed by atoms with van der Waals surface area (Å²) in [4.78, 5) is 11.8. The lowest BCUT2D eigenvalue weighted by Crippen LogP contribution is -2.53. The molecule has 5 heteroatoms. The number of amides is 1. The Bertz CT molecular complexity index is 386. The fourth-order valence-corrected chi connectivity index (χ4v) is 2.43. The quantitative estimate of drug-likeness (QED) is 0.830. The molecule has 1 aliphatic rings. The molecule has 1 aromatic rings. The van der Waals surface area contributed by atoms with Crippen LogP contribution in [0.4, 0.5) is 0 Å². The maximum Gasteiger partial charge on any atom is 0.241 e. The van der Waals surface area contributed by atoms with E-state index in [4.69, 9.17) is 0 Å². The van der Waals surface area contributed by atoms with E-state index in [0.717, 1.165) is 6.54 Å². The van der Waals surface area contributed by atoms with Gasteiger partial charge in [-0.1, -0.05) is 13.8 Å². The fourth-order valence-electron chi connectivity index (χ4n) is 2.43. The predicted octanol–water partition coefficient (Wildman–Crippen LogP) is 0.777. The number of piperidine rings is 1. The van der Waals surface area contributed by atoms with E-state index in [0.29, 0.717) is 19.1 Å². The van der Waals surface area contributed by atoms with Crippen molar-refractivity contribution in [1.82, 2.24) is 20.4 Å². The first-order valence-electron chi connectivity index (χ1n) is 6.55. The third-order valence-electron chi connectivity index (χ3n) is 3.70. The van der Waals surface area contributed by atoms with Crippen molar-refractivity contribution >= 4 is 5.91 Å². The van der Waals surface area contributed by atoms with E-state index in [1.54, 1.807) is 17.1 Å². The minimum Gasteiger partial charge on any atom is -0.353 e. The predicted molar refractivity (Wildman–Crippen MR) is 70.0 cm³/mol. The fraction of sp³-hybridized carbons (Fsp3) is 0.692. The van der Waals surface area contributed by atoms with Gasteiger partial charge in [0.2, 0.25) is 5.91 Å². The Morgan fingerprint density at radius 2 is 2.44 bits per heavy atom. The third-order valence-corrected chi connectivity index (χ3v) is 3.70. The van der Waals surface area contributed by atoms with Gasteiger partial charge in [0.15, 0.2) is 0 Å². The first-order chi connectivity index (χ1) is 8.58. The van der Waals surface area contributed by atoms with Crippen LogP contribution in [0.3, 0.4) is 0 Å². The van der Waals surface area contributed by atoms with Crippen molar-refractivity contribution in [2.24, 2.45) is 5.41 Å². The van der Waals surface area contributed by atoms with E-state index >= 15 is 0 Å². The topological polar surface area (TPSA) is 58.9 Å². The van der Waals surface area contributed by atoms with Crippen molar-refractivity contribution in [2.45, 2.75) is 39.3 Å². The van der Waals surface area contributed by atoms with E-state index in [-0.39, 0.29) is 11.3 Å². The maximum absolute atomic E-state index is 11.8. The average molecular weight is 250 g/mol. The molecule has 1 unspecified atom stereocenters. The number of aromatic nitrogens is 2. The van der Waals surface area contributed by atoms with E-state index in [2.05, 4.69) is 29.6 Å². The van der Waals surface area contributed by atoms with Gasteiger partial charge in [0, 0.05) is 25.0 Å². The van der Waals surface area contributed by atoms with Gasteiger partial charge in [0.25, 0.3) is 0 Å². The monoisotopic (exact) mass is 250 g/mol. The molecular formula is C13H22N4O. The molecule has 1 fully saturated rings. The molecule has 2 rings (SSSR count). The number of nitrogens with one attached hydrogen (secondary N) is 2. The standard InChI is InChI=1S/C13H22N4O/c1-13(2)5-3-6-14-11(13)9-15-12(18)10-17-8-4-7-16-17/h4,7-8,11,14H,3,5-6,9-10H2,1-2H3,(H,15,18). The zero-order chi connectivity index (χ0) is 13.0. The van der Waals surface area contributed by atoms with Crippen molar-refractivity contribution in [2.75, 3.05) is 13.1 Å². The van der Waals surface area contributed by atoms with Crippen LogP contribution in [-0.2, 0) is 11.3 Å². The van der Waals surface area contributed by atoms with Crippen LogP contribution in [0.25, 0.3) is 0 Å². The summed E-state index contributed by atoms with van der Waals surface area (Å²) in [6, 6.07) is 2.17. The van der Waals surface area contributed by atoms with Gasteiger partial charge >= 0.3 is 0 Å². The summed E-state index contributed by atoms with van der Waals surface area (Å²) in [5.74, 6) is 0.0156. The van der Waals surface area contributed by atoms with Gasteiger partial charge in [-0.05, 0) is 30.9 Å². The molecule has 1 saturated heterocycles. The van der Waals surface area contributed by atoms with Crippen molar-refractivity contribution in [3.05, 3.63) is 18.5 Å². The number of rotatable bonds is 4. The molecule has 0 saturated carbocycles. The number of hydrogen-bond acceptors (Lipinski definition) is 3. The SMILES string of the molecule is CC1(C)CCCNC1CNC(=O)Cn1cccn1. The summed E-state index contributed by atoms with van der Waals surface area (Å²) in [7, 11) is 0. The normalized spacial score (nSPS) is 22.7. The molecule has 0 radical (unpaired) electrons. The van der Waals surface area contributed by atoms with Gasteiger partial charge in [-0.2, -0.15) is 5.10 Å². The minimum atomic E-state index is 0.0156. The Kier molecular flexibility index (Phi) is 4.01. The Labute approximate surface area is 108 Å². The van der Waals surface area contributed by atoms with Crippen molar-refractivity contribution < 1.29 is 4.79 Å². The highest BCUT2D eigenvalue weighted by atomic mass is 16.2. The second-order valence-corrected chi connectivity index (χ2v) is 5.61. The lowest BCUT2D eigenvalue weighted by Gasteiger charge is -2.39. The highest BCUT2D eigenvalue weighted by Gasteiger charge is 2.31. The van der Waals surface area contributed by atoms with Crippen LogP contribution in [-0.4, -0.2) is 34.8 Å². The molecule has 1 aliphatic heterocycles. The molecule has 0 aromatic carbocycles. The van der Waals surface area contributed by atoms with Crippen LogP contribution in [0.2, 0.25) is 0 Å².